The zero-order valence-electron chi connectivity index (χ0n) is 12.6. The van der Waals surface area contributed by atoms with Crippen LogP contribution in [0, 0.1) is 0 Å². The minimum atomic E-state index is 0.584. The highest BCUT2D eigenvalue weighted by Gasteiger charge is 1.90. The van der Waals surface area contributed by atoms with Crippen molar-refractivity contribution in [3.05, 3.63) is 23.3 Å². The van der Waals surface area contributed by atoms with E-state index in [1.165, 1.54) is 11.1 Å². The first-order chi connectivity index (χ1) is 9.06. The summed E-state index contributed by atoms with van der Waals surface area (Å²) in [5, 5.41) is 7.74. The highest BCUT2D eigenvalue weighted by molar-refractivity contribution is 7.80. The molecule has 108 valence electrons. The molecule has 0 aromatic heterocycles. The van der Waals surface area contributed by atoms with Gasteiger partial charge in [0.1, 0.15) is 0 Å². The van der Waals surface area contributed by atoms with E-state index >= 15 is 0 Å². The average molecular weight is 281 g/mol. The van der Waals surface area contributed by atoms with Gasteiger partial charge in [0.2, 0.25) is 0 Å². The van der Waals surface area contributed by atoms with Crippen LogP contribution in [0.1, 0.15) is 53.4 Å². The van der Waals surface area contributed by atoms with Crippen molar-refractivity contribution in [3.8, 4) is 0 Å². The summed E-state index contributed by atoms with van der Waals surface area (Å²) in [7, 11) is 0. The van der Waals surface area contributed by atoms with E-state index in [1.807, 2.05) is 6.08 Å². The molecule has 0 amide bonds. The molecule has 0 aliphatic heterocycles. The summed E-state index contributed by atoms with van der Waals surface area (Å²) in [6, 6.07) is 0. The lowest BCUT2D eigenvalue weighted by molar-refractivity contribution is 0.745. The fourth-order valence-electron chi connectivity index (χ4n) is 1.35. The van der Waals surface area contributed by atoms with Crippen LogP contribution in [-0.2, 0) is 0 Å². The van der Waals surface area contributed by atoms with Crippen molar-refractivity contribution >= 4 is 23.5 Å². The molecule has 0 aliphatic carbocycles. The fraction of sp³-hybridized carbons (Fsp3) is 0.600. The van der Waals surface area contributed by atoms with Gasteiger partial charge in [0, 0.05) is 12.8 Å². The van der Waals surface area contributed by atoms with Crippen LogP contribution in [0.3, 0.4) is 0 Å². The van der Waals surface area contributed by atoms with Crippen molar-refractivity contribution in [3.63, 3.8) is 0 Å². The minimum Gasteiger partial charge on any atom is -0.361 e. The fourth-order valence-corrected chi connectivity index (χ4v) is 1.51. The van der Waals surface area contributed by atoms with Gasteiger partial charge in [-0.1, -0.05) is 30.6 Å². The molecule has 0 aliphatic rings. The van der Waals surface area contributed by atoms with Crippen molar-refractivity contribution in [2.45, 2.75) is 53.4 Å². The number of nitrogens with zero attached hydrogens (tertiary/aromatic N) is 1. The summed E-state index contributed by atoms with van der Waals surface area (Å²) in [6.45, 7) is 9.41. The summed E-state index contributed by atoms with van der Waals surface area (Å²) >= 11 is 5.08. The zero-order chi connectivity index (χ0) is 14.5. The van der Waals surface area contributed by atoms with Gasteiger partial charge in [-0.15, -0.1) is 0 Å². The highest BCUT2D eigenvalue weighted by Crippen LogP contribution is 2.05. The lowest BCUT2D eigenvalue weighted by atomic mass is 10.1. The maximum Gasteiger partial charge on any atom is 0.186 e. The van der Waals surface area contributed by atoms with E-state index < -0.39 is 0 Å². The van der Waals surface area contributed by atoms with E-state index in [-0.39, 0.29) is 0 Å². The lowest BCUT2D eigenvalue weighted by Gasteiger charge is -2.04. The SMILES string of the molecule is CCCCNC(=S)NN=CC=C(C)CCC=C(C)C. The number of thiocarbonyl (C=S) groups is 1. The van der Waals surface area contributed by atoms with E-state index in [1.54, 1.807) is 6.21 Å². The molecule has 0 spiro atoms. The second-order valence-corrected chi connectivity index (χ2v) is 5.24. The Morgan fingerprint density at radius 3 is 2.63 bits per heavy atom. The van der Waals surface area contributed by atoms with Crippen LogP contribution in [0.5, 0.6) is 0 Å². The highest BCUT2D eigenvalue weighted by atomic mass is 32.1. The van der Waals surface area contributed by atoms with Crippen molar-refractivity contribution < 1.29 is 0 Å². The first kappa shape index (κ1) is 17.8. The Balaban J connectivity index is 3.81. The topological polar surface area (TPSA) is 36.4 Å². The lowest BCUT2D eigenvalue weighted by Crippen LogP contribution is -2.32. The molecule has 0 radical (unpaired) electrons. The number of rotatable bonds is 8. The van der Waals surface area contributed by atoms with E-state index in [4.69, 9.17) is 12.2 Å². The van der Waals surface area contributed by atoms with Crippen molar-refractivity contribution in [1.29, 1.82) is 0 Å². The van der Waals surface area contributed by atoms with Crippen molar-refractivity contribution in [2.75, 3.05) is 6.54 Å². The minimum absolute atomic E-state index is 0.584. The van der Waals surface area contributed by atoms with Crippen LogP contribution in [0.25, 0.3) is 0 Å². The molecule has 19 heavy (non-hydrogen) atoms. The molecule has 0 bridgehead atoms. The third-order valence-corrected chi connectivity index (χ3v) is 2.74. The Morgan fingerprint density at radius 2 is 2.00 bits per heavy atom. The molecule has 0 atom stereocenters. The predicted octanol–water partition coefficient (Wildman–Crippen LogP) is 3.93. The van der Waals surface area contributed by atoms with Gasteiger partial charge in [-0.2, -0.15) is 5.10 Å². The molecule has 0 heterocycles. The van der Waals surface area contributed by atoms with Gasteiger partial charge in [-0.3, -0.25) is 5.43 Å². The van der Waals surface area contributed by atoms with Crippen LogP contribution in [0.2, 0.25) is 0 Å². The van der Waals surface area contributed by atoms with Gasteiger partial charge in [0.05, 0.1) is 0 Å². The maximum atomic E-state index is 5.08. The normalized spacial score (nSPS) is 11.5. The Morgan fingerprint density at radius 1 is 1.26 bits per heavy atom. The Labute approximate surface area is 123 Å². The summed E-state index contributed by atoms with van der Waals surface area (Å²) < 4.78 is 0. The second-order valence-electron chi connectivity index (χ2n) is 4.83. The van der Waals surface area contributed by atoms with E-state index in [9.17, 15) is 0 Å². The van der Waals surface area contributed by atoms with Gasteiger partial charge in [0.25, 0.3) is 0 Å². The Hall–Kier alpha value is -1.16. The number of hydrogen-bond donors (Lipinski definition) is 2. The van der Waals surface area contributed by atoms with Gasteiger partial charge < -0.3 is 5.32 Å². The van der Waals surface area contributed by atoms with Gasteiger partial charge in [0.15, 0.2) is 5.11 Å². The predicted molar refractivity (Wildman–Crippen MR) is 89.6 cm³/mol. The van der Waals surface area contributed by atoms with Crippen molar-refractivity contribution in [1.82, 2.24) is 10.7 Å². The molecule has 0 fully saturated rings. The van der Waals surface area contributed by atoms with E-state index in [0.717, 1.165) is 32.2 Å². The summed E-state index contributed by atoms with van der Waals surface area (Å²) in [4.78, 5) is 0. The van der Waals surface area contributed by atoms with Crippen LogP contribution in [0.4, 0.5) is 0 Å². The molecular formula is C15H27N3S. The van der Waals surface area contributed by atoms with E-state index in [0.29, 0.717) is 5.11 Å². The standard InChI is InChI=1S/C15H27N3S/c1-5-6-11-16-15(19)18-17-12-10-14(4)9-7-8-13(2)3/h8,10,12H,5-7,9,11H2,1-4H3,(H2,16,18,19). The molecule has 3 nitrogen and oxygen atoms in total. The number of nitrogens with one attached hydrogen (secondary N) is 2. The van der Waals surface area contributed by atoms with Gasteiger partial charge >= 0.3 is 0 Å². The van der Waals surface area contributed by atoms with Crippen LogP contribution in [0.15, 0.2) is 28.4 Å². The van der Waals surface area contributed by atoms with Crippen LogP contribution in [-0.4, -0.2) is 17.9 Å². The summed E-state index contributed by atoms with van der Waals surface area (Å²) in [6.07, 6.45) is 10.5. The monoisotopic (exact) mass is 281 g/mol. The number of unbranched alkanes of at least 4 members (excludes halogenated alkanes) is 1. The molecule has 0 rings (SSSR count). The van der Waals surface area contributed by atoms with E-state index in [2.05, 4.69) is 49.6 Å². The number of hydrogen-bond acceptors (Lipinski definition) is 2. The van der Waals surface area contributed by atoms with Crippen LogP contribution < -0.4 is 10.7 Å². The Kier molecular flexibility index (Phi) is 11.2. The zero-order valence-corrected chi connectivity index (χ0v) is 13.4. The molecule has 0 unspecified atom stereocenters. The number of hydrazone groups is 1. The first-order valence-corrected chi connectivity index (χ1v) is 7.33. The number of allylic oxidation sites excluding steroid dienone is 4. The first-order valence-electron chi connectivity index (χ1n) is 6.92. The average Bonchev–Trinajstić information content (AvgIpc) is 2.34. The Bertz CT molecular complexity index is 339. The molecule has 4 heteroatoms. The summed E-state index contributed by atoms with van der Waals surface area (Å²) in [5.74, 6) is 0. The molecule has 0 saturated carbocycles. The molecule has 0 aromatic rings. The quantitative estimate of drug-likeness (QED) is 0.233. The molecular weight excluding hydrogens is 254 g/mol. The molecule has 0 aromatic carbocycles. The smallest absolute Gasteiger partial charge is 0.186 e. The maximum absolute atomic E-state index is 5.08. The van der Waals surface area contributed by atoms with Gasteiger partial charge in [-0.25, -0.2) is 0 Å². The van der Waals surface area contributed by atoms with Gasteiger partial charge in [-0.05, 0) is 58.3 Å². The third-order valence-electron chi connectivity index (χ3n) is 2.51. The second kappa shape index (κ2) is 11.9. The summed E-state index contributed by atoms with van der Waals surface area (Å²) in [5.41, 5.74) is 5.48. The van der Waals surface area contributed by atoms with Crippen LogP contribution >= 0.6 is 12.2 Å². The van der Waals surface area contributed by atoms with Crippen molar-refractivity contribution in [2.24, 2.45) is 5.10 Å². The molecule has 0 saturated heterocycles. The molecule has 2 N–H and O–H groups in total. The third kappa shape index (κ3) is 13.1. The largest absolute Gasteiger partial charge is 0.361 e.